The van der Waals surface area contributed by atoms with Crippen molar-refractivity contribution in [3.05, 3.63) is 34.3 Å². The molecule has 0 unspecified atom stereocenters. The predicted molar refractivity (Wildman–Crippen MR) is 53.5 cm³/mol. The summed E-state index contributed by atoms with van der Waals surface area (Å²) in [5.41, 5.74) is 1.63. The van der Waals surface area contributed by atoms with Gasteiger partial charge < -0.3 is 5.32 Å². The summed E-state index contributed by atoms with van der Waals surface area (Å²) in [6, 6.07) is 7.50. The molecule has 68 valence electrons. The average Bonchev–Trinajstić information content (AvgIpc) is 2.15. The molecule has 0 fully saturated rings. The maximum atomic E-state index is 8.64. The van der Waals surface area contributed by atoms with Crippen LogP contribution in [0.5, 0.6) is 0 Å². The number of halogens is 1. The molecule has 13 heavy (non-hydrogen) atoms. The second-order valence-electron chi connectivity index (χ2n) is 2.71. The van der Waals surface area contributed by atoms with Crippen LogP contribution in [0.3, 0.4) is 0 Å². The van der Waals surface area contributed by atoms with Gasteiger partial charge in [-0.3, -0.25) is 0 Å². The summed E-state index contributed by atoms with van der Waals surface area (Å²) in [4.78, 5) is 0. The first kappa shape index (κ1) is 10.0. The number of hydrogen-bond donors (Lipinski definition) is 1. The lowest BCUT2D eigenvalue weighted by Crippen LogP contribution is -2.11. The topological polar surface area (TPSA) is 35.8 Å². The van der Waals surface area contributed by atoms with Crippen molar-refractivity contribution in [3.63, 3.8) is 0 Å². The molecule has 2 nitrogen and oxygen atoms in total. The SMILES string of the molecule is CCNCc1ccc(C#N)c(Cl)c1. The van der Waals surface area contributed by atoms with Crippen LogP contribution in [-0.4, -0.2) is 6.54 Å². The third-order valence-electron chi connectivity index (χ3n) is 1.73. The minimum absolute atomic E-state index is 0.526. The number of hydrogen-bond acceptors (Lipinski definition) is 2. The van der Waals surface area contributed by atoms with Crippen LogP contribution in [-0.2, 0) is 6.54 Å². The summed E-state index contributed by atoms with van der Waals surface area (Å²) in [5.74, 6) is 0. The number of nitriles is 1. The Labute approximate surface area is 83.1 Å². The molecule has 0 aliphatic rings. The first-order valence-corrected chi connectivity index (χ1v) is 4.55. The zero-order valence-corrected chi connectivity index (χ0v) is 8.23. The first-order chi connectivity index (χ1) is 6.27. The highest BCUT2D eigenvalue weighted by atomic mass is 35.5. The molecule has 0 aliphatic heterocycles. The zero-order chi connectivity index (χ0) is 9.68. The Bertz CT molecular complexity index is 328. The summed E-state index contributed by atoms with van der Waals surface area (Å²) < 4.78 is 0. The Hall–Kier alpha value is -1.04. The highest BCUT2D eigenvalue weighted by Crippen LogP contribution is 2.16. The normalized spacial score (nSPS) is 9.62. The fraction of sp³-hybridized carbons (Fsp3) is 0.300. The van der Waals surface area contributed by atoms with Crippen LogP contribution in [0.4, 0.5) is 0 Å². The standard InChI is InChI=1S/C10H11ClN2/c1-2-13-7-8-3-4-9(6-12)10(11)5-8/h3-5,13H,2,7H2,1H3. The Morgan fingerprint density at radius 2 is 2.31 bits per heavy atom. The van der Waals surface area contributed by atoms with Gasteiger partial charge in [0.2, 0.25) is 0 Å². The van der Waals surface area contributed by atoms with E-state index >= 15 is 0 Å². The second kappa shape index (κ2) is 4.86. The highest BCUT2D eigenvalue weighted by molar-refractivity contribution is 6.31. The van der Waals surface area contributed by atoms with Gasteiger partial charge in [0.05, 0.1) is 10.6 Å². The number of nitrogens with zero attached hydrogens (tertiary/aromatic N) is 1. The van der Waals surface area contributed by atoms with Crippen molar-refractivity contribution < 1.29 is 0 Å². The van der Waals surface area contributed by atoms with Crippen molar-refractivity contribution in [1.82, 2.24) is 5.32 Å². The summed E-state index contributed by atoms with van der Waals surface area (Å²) in [6.45, 7) is 3.77. The fourth-order valence-corrected chi connectivity index (χ4v) is 1.27. The van der Waals surface area contributed by atoms with Gasteiger partial charge in [0.15, 0.2) is 0 Å². The van der Waals surface area contributed by atoms with Crippen molar-refractivity contribution in [2.24, 2.45) is 0 Å². The lowest BCUT2D eigenvalue weighted by Gasteiger charge is -2.02. The molecule has 0 aliphatic carbocycles. The van der Waals surface area contributed by atoms with E-state index in [1.807, 2.05) is 25.1 Å². The van der Waals surface area contributed by atoms with E-state index in [2.05, 4.69) is 5.32 Å². The van der Waals surface area contributed by atoms with Crippen LogP contribution >= 0.6 is 11.6 Å². The molecule has 0 saturated carbocycles. The van der Waals surface area contributed by atoms with Gasteiger partial charge in [-0.15, -0.1) is 0 Å². The van der Waals surface area contributed by atoms with Gasteiger partial charge in [0, 0.05) is 6.54 Å². The summed E-state index contributed by atoms with van der Waals surface area (Å²) in [5, 5.41) is 12.3. The van der Waals surface area contributed by atoms with Crippen molar-refractivity contribution in [2.45, 2.75) is 13.5 Å². The average molecular weight is 195 g/mol. The van der Waals surface area contributed by atoms with E-state index in [4.69, 9.17) is 16.9 Å². The van der Waals surface area contributed by atoms with Crippen LogP contribution in [0, 0.1) is 11.3 Å². The molecule has 0 spiro atoms. The number of rotatable bonds is 3. The molecule has 0 bridgehead atoms. The molecule has 3 heteroatoms. The van der Waals surface area contributed by atoms with Gasteiger partial charge in [0.25, 0.3) is 0 Å². The van der Waals surface area contributed by atoms with Gasteiger partial charge in [-0.05, 0) is 24.2 Å². The molecular formula is C10H11ClN2. The maximum Gasteiger partial charge on any atom is 0.101 e. The molecule has 0 radical (unpaired) electrons. The van der Waals surface area contributed by atoms with Crippen LogP contribution in [0.1, 0.15) is 18.1 Å². The molecule has 0 saturated heterocycles. The van der Waals surface area contributed by atoms with Crippen molar-refractivity contribution in [2.75, 3.05) is 6.54 Å². The van der Waals surface area contributed by atoms with E-state index in [0.717, 1.165) is 18.7 Å². The minimum atomic E-state index is 0.526. The third-order valence-corrected chi connectivity index (χ3v) is 2.05. The lowest BCUT2D eigenvalue weighted by atomic mass is 10.1. The zero-order valence-electron chi connectivity index (χ0n) is 7.47. The van der Waals surface area contributed by atoms with Gasteiger partial charge in [-0.25, -0.2) is 0 Å². The Kier molecular flexibility index (Phi) is 3.75. The first-order valence-electron chi connectivity index (χ1n) is 4.17. The van der Waals surface area contributed by atoms with Gasteiger partial charge in [-0.1, -0.05) is 24.6 Å². The number of benzene rings is 1. The highest BCUT2D eigenvalue weighted by Gasteiger charge is 1.99. The van der Waals surface area contributed by atoms with Crippen LogP contribution < -0.4 is 5.32 Å². The van der Waals surface area contributed by atoms with E-state index in [1.165, 1.54) is 0 Å². The molecular weight excluding hydrogens is 184 g/mol. The Morgan fingerprint density at radius 3 is 2.85 bits per heavy atom. The maximum absolute atomic E-state index is 8.64. The van der Waals surface area contributed by atoms with Crippen molar-refractivity contribution in [3.8, 4) is 6.07 Å². The van der Waals surface area contributed by atoms with Gasteiger partial charge >= 0.3 is 0 Å². The molecule has 1 aromatic carbocycles. The van der Waals surface area contributed by atoms with Crippen LogP contribution in [0.15, 0.2) is 18.2 Å². The molecule has 0 atom stereocenters. The molecule has 1 rings (SSSR count). The smallest absolute Gasteiger partial charge is 0.101 e. The summed E-state index contributed by atoms with van der Waals surface area (Å²) in [6.07, 6.45) is 0. The van der Waals surface area contributed by atoms with Crippen LogP contribution in [0.25, 0.3) is 0 Å². The van der Waals surface area contributed by atoms with Gasteiger partial charge in [0.1, 0.15) is 6.07 Å². The fourth-order valence-electron chi connectivity index (χ4n) is 1.03. The lowest BCUT2D eigenvalue weighted by molar-refractivity contribution is 0.727. The minimum Gasteiger partial charge on any atom is -0.313 e. The predicted octanol–water partition coefficient (Wildman–Crippen LogP) is 2.32. The quantitative estimate of drug-likeness (QED) is 0.802. The van der Waals surface area contributed by atoms with Crippen molar-refractivity contribution >= 4 is 11.6 Å². The Balaban J connectivity index is 2.79. The van der Waals surface area contributed by atoms with E-state index in [9.17, 15) is 0 Å². The molecule has 1 N–H and O–H groups in total. The summed E-state index contributed by atoms with van der Waals surface area (Å²) in [7, 11) is 0. The van der Waals surface area contributed by atoms with E-state index < -0.39 is 0 Å². The largest absolute Gasteiger partial charge is 0.313 e. The van der Waals surface area contributed by atoms with Crippen molar-refractivity contribution in [1.29, 1.82) is 5.26 Å². The van der Waals surface area contributed by atoms with E-state index in [0.29, 0.717) is 10.6 Å². The summed E-state index contributed by atoms with van der Waals surface area (Å²) >= 11 is 5.86. The van der Waals surface area contributed by atoms with E-state index in [-0.39, 0.29) is 0 Å². The molecule has 0 amide bonds. The Morgan fingerprint density at radius 1 is 1.54 bits per heavy atom. The molecule has 1 aromatic rings. The van der Waals surface area contributed by atoms with Crippen LogP contribution in [0.2, 0.25) is 5.02 Å². The van der Waals surface area contributed by atoms with Gasteiger partial charge in [-0.2, -0.15) is 5.26 Å². The number of nitrogens with one attached hydrogen (secondary N) is 1. The molecule has 0 aromatic heterocycles. The second-order valence-corrected chi connectivity index (χ2v) is 3.11. The third kappa shape index (κ3) is 2.73. The van der Waals surface area contributed by atoms with E-state index in [1.54, 1.807) is 6.07 Å². The molecule has 0 heterocycles. The monoisotopic (exact) mass is 194 g/mol.